The molecule has 1 aliphatic rings. The number of nitrogens with one attached hydrogen (secondary N) is 2. The second kappa shape index (κ2) is 3.76. The summed E-state index contributed by atoms with van der Waals surface area (Å²) in [6, 6.07) is 0. The smallest absolute Gasteiger partial charge is 0.339 e. The predicted molar refractivity (Wildman–Crippen MR) is 62.8 cm³/mol. The molecule has 0 aliphatic carbocycles. The van der Waals surface area contributed by atoms with E-state index in [1.54, 1.807) is 5.01 Å². The Bertz CT molecular complexity index is 646. The van der Waals surface area contributed by atoms with Crippen LogP contribution in [0.25, 0.3) is 11.2 Å². The zero-order valence-corrected chi connectivity index (χ0v) is 9.27. The Hall–Kier alpha value is -2.05. The molecule has 0 bridgehead atoms. The van der Waals surface area contributed by atoms with Crippen molar-refractivity contribution >= 4 is 11.2 Å². The average Bonchev–Trinajstić information content (AvgIpc) is 2.78. The number of piperidine rings is 1. The highest BCUT2D eigenvalue weighted by atomic mass is 16.2. The van der Waals surface area contributed by atoms with Gasteiger partial charge in [0, 0.05) is 13.1 Å². The molecule has 2 N–H and O–H groups in total. The minimum absolute atomic E-state index is 0.313. The van der Waals surface area contributed by atoms with E-state index in [4.69, 9.17) is 0 Å². The van der Waals surface area contributed by atoms with Crippen LogP contribution >= 0.6 is 0 Å². The zero-order chi connectivity index (χ0) is 11.8. The first-order valence-electron chi connectivity index (χ1n) is 5.71. The fraction of sp³-hybridized carbons (Fsp3) is 0.500. The van der Waals surface area contributed by atoms with Crippen molar-refractivity contribution in [2.75, 3.05) is 18.1 Å². The van der Waals surface area contributed by atoms with Crippen molar-refractivity contribution in [3.63, 3.8) is 0 Å². The van der Waals surface area contributed by atoms with E-state index in [0.717, 1.165) is 32.4 Å². The maximum absolute atomic E-state index is 12.1. The SMILES string of the molecule is O=c1[nH]c2nc[nH]c2c(=O)n1N1CCCCC1. The Morgan fingerprint density at radius 1 is 1.18 bits per heavy atom. The van der Waals surface area contributed by atoms with Gasteiger partial charge < -0.3 is 9.99 Å². The summed E-state index contributed by atoms with van der Waals surface area (Å²) < 4.78 is 1.18. The van der Waals surface area contributed by atoms with Crippen molar-refractivity contribution < 1.29 is 0 Å². The van der Waals surface area contributed by atoms with E-state index in [9.17, 15) is 9.59 Å². The highest BCUT2D eigenvalue weighted by Crippen LogP contribution is 2.06. The second-order valence-corrected chi connectivity index (χ2v) is 4.19. The summed E-state index contributed by atoms with van der Waals surface area (Å²) in [5, 5.41) is 1.80. The van der Waals surface area contributed by atoms with Crippen LogP contribution in [0.15, 0.2) is 15.9 Å². The monoisotopic (exact) mass is 235 g/mol. The van der Waals surface area contributed by atoms with Crippen LogP contribution in [-0.4, -0.2) is 32.7 Å². The number of rotatable bonds is 1. The van der Waals surface area contributed by atoms with Crippen molar-refractivity contribution in [1.29, 1.82) is 0 Å². The normalized spacial score (nSPS) is 16.6. The number of aromatic nitrogens is 4. The van der Waals surface area contributed by atoms with Gasteiger partial charge in [-0.3, -0.25) is 9.78 Å². The molecule has 0 atom stereocenters. The van der Waals surface area contributed by atoms with Crippen LogP contribution in [0.3, 0.4) is 0 Å². The van der Waals surface area contributed by atoms with Crippen molar-refractivity contribution in [2.45, 2.75) is 19.3 Å². The van der Waals surface area contributed by atoms with Crippen molar-refractivity contribution in [2.24, 2.45) is 0 Å². The molecule has 7 heteroatoms. The molecule has 0 spiro atoms. The lowest BCUT2D eigenvalue weighted by Gasteiger charge is -2.28. The lowest BCUT2D eigenvalue weighted by molar-refractivity contribution is 0.458. The van der Waals surface area contributed by atoms with E-state index in [-0.39, 0.29) is 5.56 Å². The van der Waals surface area contributed by atoms with E-state index in [2.05, 4.69) is 15.0 Å². The molecule has 3 rings (SSSR count). The molecule has 90 valence electrons. The van der Waals surface area contributed by atoms with Crippen LogP contribution in [0.1, 0.15) is 19.3 Å². The van der Waals surface area contributed by atoms with Gasteiger partial charge in [0.05, 0.1) is 6.33 Å². The first-order valence-corrected chi connectivity index (χ1v) is 5.71. The van der Waals surface area contributed by atoms with E-state index in [1.807, 2.05) is 0 Å². The number of H-pyrrole nitrogens is 2. The van der Waals surface area contributed by atoms with Gasteiger partial charge in [0.2, 0.25) is 0 Å². The van der Waals surface area contributed by atoms with Gasteiger partial charge in [-0.25, -0.2) is 9.78 Å². The molecule has 2 aromatic heterocycles. The zero-order valence-electron chi connectivity index (χ0n) is 9.27. The van der Waals surface area contributed by atoms with E-state index in [0.29, 0.717) is 11.2 Å². The Morgan fingerprint density at radius 2 is 1.94 bits per heavy atom. The molecular formula is C10H13N5O2. The van der Waals surface area contributed by atoms with Gasteiger partial charge in [0.15, 0.2) is 11.2 Å². The van der Waals surface area contributed by atoms with Gasteiger partial charge in [0.1, 0.15) is 0 Å². The van der Waals surface area contributed by atoms with Crippen LogP contribution in [0.5, 0.6) is 0 Å². The Kier molecular flexibility index (Phi) is 2.24. The third-order valence-corrected chi connectivity index (χ3v) is 3.08. The summed E-state index contributed by atoms with van der Waals surface area (Å²) in [5.74, 6) is 0. The number of imidazole rings is 1. The molecule has 1 aliphatic heterocycles. The summed E-state index contributed by atoms with van der Waals surface area (Å²) in [5.41, 5.74) is -0.0944. The Morgan fingerprint density at radius 3 is 2.71 bits per heavy atom. The predicted octanol–water partition coefficient (Wildman–Crippen LogP) is -0.465. The Labute approximate surface area is 96.1 Å². The molecule has 0 radical (unpaired) electrons. The van der Waals surface area contributed by atoms with E-state index < -0.39 is 5.69 Å². The topological polar surface area (TPSA) is 86.8 Å². The van der Waals surface area contributed by atoms with Crippen LogP contribution < -0.4 is 16.3 Å². The van der Waals surface area contributed by atoms with Gasteiger partial charge in [-0.2, -0.15) is 4.68 Å². The molecule has 7 nitrogen and oxygen atoms in total. The van der Waals surface area contributed by atoms with Gasteiger partial charge >= 0.3 is 11.2 Å². The fourth-order valence-corrected chi connectivity index (χ4v) is 2.24. The summed E-state index contributed by atoms with van der Waals surface area (Å²) >= 11 is 0. The molecular weight excluding hydrogens is 222 g/mol. The van der Waals surface area contributed by atoms with Gasteiger partial charge in [-0.1, -0.05) is 0 Å². The summed E-state index contributed by atoms with van der Waals surface area (Å²) in [6.45, 7) is 1.48. The standard InChI is InChI=1S/C10H13N5O2/c16-9-7-8(12-6-11-7)13-10(17)15(9)14-4-2-1-3-5-14/h6H,1-5H2,(H,11,12)(H,13,17). The van der Waals surface area contributed by atoms with E-state index >= 15 is 0 Å². The van der Waals surface area contributed by atoms with Crippen LogP contribution in [0.2, 0.25) is 0 Å². The largest absolute Gasteiger partial charge is 0.349 e. The van der Waals surface area contributed by atoms with Crippen LogP contribution in [-0.2, 0) is 0 Å². The summed E-state index contributed by atoms with van der Waals surface area (Å²) in [6.07, 6.45) is 4.57. The highest BCUT2D eigenvalue weighted by molar-refractivity contribution is 5.67. The first-order chi connectivity index (χ1) is 8.27. The summed E-state index contributed by atoms with van der Waals surface area (Å²) in [4.78, 5) is 33.2. The third kappa shape index (κ3) is 1.54. The second-order valence-electron chi connectivity index (χ2n) is 4.19. The molecule has 0 unspecified atom stereocenters. The molecule has 0 aromatic carbocycles. The average molecular weight is 235 g/mol. The van der Waals surface area contributed by atoms with Crippen molar-refractivity contribution in [3.05, 3.63) is 27.2 Å². The number of nitrogens with zero attached hydrogens (tertiary/aromatic N) is 3. The minimum Gasteiger partial charge on any atom is -0.339 e. The molecule has 17 heavy (non-hydrogen) atoms. The van der Waals surface area contributed by atoms with Crippen LogP contribution in [0.4, 0.5) is 0 Å². The van der Waals surface area contributed by atoms with Crippen LogP contribution in [0, 0.1) is 0 Å². The van der Waals surface area contributed by atoms with Gasteiger partial charge in [0.25, 0.3) is 0 Å². The van der Waals surface area contributed by atoms with Crippen molar-refractivity contribution in [3.8, 4) is 0 Å². The molecule has 1 fully saturated rings. The maximum atomic E-state index is 12.1. The first kappa shape index (κ1) is 10.1. The lowest BCUT2D eigenvalue weighted by atomic mass is 10.2. The van der Waals surface area contributed by atoms with Gasteiger partial charge in [-0.05, 0) is 19.3 Å². The highest BCUT2D eigenvalue weighted by Gasteiger charge is 2.17. The molecule has 0 amide bonds. The molecule has 1 saturated heterocycles. The number of fused-ring (bicyclic) bond motifs is 1. The maximum Gasteiger partial charge on any atom is 0.349 e. The number of aromatic amines is 2. The molecule has 3 heterocycles. The van der Waals surface area contributed by atoms with Crippen molar-refractivity contribution in [1.82, 2.24) is 19.6 Å². The number of hydrogen-bond donors (Lipinski definition) is 2. The Balaban J connectivity index is 2.20. The quantitative estimate of drug-likeness (QED) is 0.700. The lowest BCUT2D eigenvalue weighted by Crippen LogP contribution is -2.52. The van der Waals surface area contributed by atoms with Gasteiger partial charge in [-0.15, -0.1) is 0 Å². The minimum atomic E-state index is -0.420. The molecule has 0 saturated carbocycles. The summed E-state index contributed by atoms with van der Waals surface area (Å²) in [7, 11) is 0. The fourth-order valence-electron chi connectivity index (χ4n) is 2.24. The molecule has 2 aromatic rings. The van der Waals surface area contributed by atoms with E-state index in [1.165, 1.54) is 11.0 Å². The number of hydrogen-bond acceptors (Lipinski definition) is 4. The third-order valence-electron chi connectivity index (χ3n) is 3.08.